The van der Waals surface area contributed by atoms with E-state index in [2.05, 4.69) is 0 Å². The fourth-order valence-corrected chi connectivity index (χ4v) is 1.07. The van der Waals surface area contributed by atoms with Crippen molar-refractivity contribution in [2.24, 2.45) is 11.7 Å². The van der Waals surface area contributed by atoms with Crippen LogP contribution in [0.1, 0.15) is 20.3 Å². The Balaban J connectivity index is 2.45. The number of hydrogen-bond donors (Lipinski definition) is 1. The molecule has 1 unspecified atom stereocenters. The molecule has 1 rings (SSSR count). The van der Waals surface area contributed by atoms with E-state index >= 15 is 0 Å². The Morgan fingerprint density at radius 1 is 1.58 bits per heavy atom. The van der Waals surface area contributed by atoms with Crippen LogP contribution < -0.4 is 5.73 Å². The van der Waals surface area contributed by atoms with Gasteiger partial charge in [0.15, 0.2) is 0 Å². The van der Waals surface area contributed by atoms with E-state index in [9.17, 15) is 4.79 Å². The van der Waals surface area contributed by atoms with Gasteiger partial charge in [-0.05, 0) is 12.3 Å². The van der Waals surface area contributed by atoms with Crippen molar-refractivity contribution >= 4 is 5.91 Å². The highest BCUT2D eigenvalue weighted by Gasteiger charge is 2.26. The third-order valence-electron chi connectivity index (χ3n) is 2.00. The van der Waals surface area contributed by atoms with E-state index < -0.39 is 6.04 Å². The van der Waals surface area contributed by atoms with E-state index in [-0.39, 0.29) is 11.8 Å². The molecular formula is C8H16N2O2. The molecule has 70 valence electrons. The standard InChI is InChI=1S/C8H16N2O2/c1-6(2)7(9)8(11)10-4-3-5-12-10/h6-7H,3-5,9H2,1-2H3. The van der Waals surface area contributed by atoms with E-state index in [0.29, 0.717) is 13.2 Å². The predicted molar refractivity (Wildman–Crippen MR) is 45.1 cm³/mol. The molecule has 1 fully saturated rings. The van der Waals surface area contributed by atoms with Gasteiger partial charge in [-0.15, -0.1) is 0 Å². The van der Waals surface area contributed by atoms with E-state index in [1.165, 1.54) is 5.06 Å². The molecule has 0 spiro atoms. The SMILES string of the molecule is CC(C)C(N)C(=O)N1CCCO1. The molecule has 1 aliphatic heterocycles. The molecule has 4 heteroatoms. The lowest BCUT2D eigenvalue weighted by atomic mass is 10.1. The first kappa shape index (κ1) is 9.48. The molecular weight excluding hydrogens is 156 g/mol. The van der Waals surface area contributed by atoms with Crippen molar-refractivity contribution in [3.63, 3.8) is 0 Å². The number of rotatable bonds is 2. The summed E-state index contributed by atoms with van der Waals surface area (Å²) in [7, 11) is 0. The molecule has 0 aromatic rings. The quantitative estimate of drug-likeness (QED) is 0.644. The minimum Gasteiger partial charge on any atom is -0.320 e. The molecule has 0 aromatic carbocycles. The molecule has 12 heavy (non-hydrogen) atoms. The van der Waals surface area contributed by atoms with Crippen LogP contribution >= 0.6 is 0 Å². The highest BCUT2D eigenvalue weighted by molar-refractivity contribution is 5.81. The lowest BCUT2D eigenvalue weighted by Gasteiger charge is -2.20. The molecule has 0 bridgehead atoms. The van der Waals surface area contributed by atoms with Crippen molar-refractivity contribution in [1.29, 1.82) is 0 Å². The van der Waals surface area contributed by atoms with Gasteiger partial charge in [-0.25, -0.2) is 5.06 Å². The van der Waals surface area contributed by atoms with Crippen molar-refractivity contribution in [2.45, 2.75) is 26.3 Å². The number of hydroxylamine groups is 2. The molecule has 2 N–H and O–H groups in total. The highest BCUT2D eigenvalue weighted by atomic mass is 16.7. The van der Waals surface area contributed by atoms with Gasteiger partial charge in [-0.3, -0.25) is 9.63 Å². The molecule has 0 aliphatic carbocycles. The molecule has 1 heterocycles. The smallest absolute Gasteiger partial charge is 0.263 e. The van der Waals surface area contributed by atoms with Crippen LogP contribution in [0.2, 0.25) is 0 Å². The van der Waals surface area contributed by atoms with Gasteiger partial charge in [-0.2, -0.15) is 0 Å². The number of nitrogens with zero attached hydrogens (tertiary/aromatic N) is 1. The summed E-state index contributed by atoms with van der Waals surface area (Å²) in [5.74, 6) is 0.0733. The minimum absolute atomic E-state index is 0.0949. The second-order valence-corrected chi connectivity index (χ2v) is 3.40. The monoisotopic (exact) mass is 172 g/mol. The Kier molecular flexibility index (Phi) is 3.05. The number of carbonyl (C=O) groups excluding carboxylic acids is 1. The average Bonchev–Trinajstić information content (AvgIpc) is 2.53. The Morgan fingerprint density at radius 2 is 2.25 bits per heavy atom. The second kappa shape index (κ2) is 3.87. The first-order valence-corrected chi connectivity index (χ1v) is 4.33. The fourth-order valence-electron chi connectivity index (χ4n) is 1.07. The largest absolute Gasteiger partial charge is 0.320 e. The lowest BCUT2D eigenvalue weighted by Crippen LogP contribution is -2.44. The van der Waals surface area contributed by atoms with E-state index in [0.717, 1.165) is 6.42 Å². The highest BCUT2D eigenvalue weighted by Crippen LogP contribution is 2.09. The van der Waals surface area contributed by atoms with Crippen LogP contribution in [0.15, 0.2) is 0 Å². The Morgan fingerprint density at radius 3 is 2.67 bits per heavy atom. The van der Waals surface area contributed by atoms with Gasteiger partial charge in [-0.1, -0.05) is 13.8 Å². The van der Waals surface area contributed by atoms with Gasteiger partial charge in [0.25, 0.3) is 5.91 Å². The summed E-state index contributed by atoms with van der Waals surface area (Å²) < 4.78 is 0. The van der Waals surface area contributed by atoms with Crippen LogP contribution in [0, 0.1) is 5.92 Å². The lowest BCUT2D eigenvalue weighted by molar-refractivity contribution is -0.171. The van der Waals surface area contributed by atoms with Crippen molar-refractivity contribution in [1.82, 2.24) is 5.06 Å². The average molecular weight is 172 g/mol. The Labute approximate surface area is 72.6 Å². The van der Waals surface area contributed by atoms with Gasteiger partial charge >= 0.3 is 0 Å². The predicted octanol–water partition coefficient (Wildman–Crippen LogP) is 0.134. The Bertz CT molecular complexity index is 160. The normalized spacial score (nSPS) is 20.2. The zero-order chi connectivity index (χ0) is 9.14. The van der Waals surface area contributed by atoms with Gasteiger partial charge in [0.05, 0.1) is 19.2 Å². The zero-order valence-electron chi connectivity index (χ0n) is 7.62. The van der Waals surface area contributed by atoms with Crippen molar-refractivity contribution in [3.8, 4) is 0 Å². The van der Waals surface area contributed by atoms with E-state index in [1.54, 1.807) is 0 Å². The van der Waals surface area contributed by atoms with Crippen molar-refractivity contribution in [3.05, 3.63) is 0 Å². The van der Waals surface area contributed by atoms with Crippen LogP contribution in [-0.2, 0) is 9.63 Å². The maximum absolute atomic E-state index is 11.5. The minimum atomic E-state index is -0.428. The van der Waals surface area contributed by atoms with Crippen molar-refractivity contribution < 1.29 is 9.63 Å². The number of hydrogen-bond acceptors (Lipinski definition) is 3. The summed E-state index contributed by atoms with van der Waals surface area (Å²) in [5, 5.41) is 1.38. The molecule has 1 aliphatic rings. The summed E-state index contributed by atoms with van der Waals surface area (Å²) in [6, 6.07) is -0.428. The summed E-state index contributed by atoms with van der Waals surface area (Å²) in [5.41, 5.74) is 5.67. The summed E-state index contributed by atoms with van der Waals surface area (Å²) in [6.45, 7) is 5.17. The molecule has 1 atom stereocenters. The maximum Gasteiger partial charge on any atom is 0.263 e. The molecule has 0 aromatic heterocycles. The molecule has 0 saturated carbocycles. The first-order chi connectivity index (χ1) is 5.63. The molecule has 1 amide bonds. The van der Waals surface area contributed by atoms with Gasteiger partial charge < -0.3 is 5.73 Å². The third-order valence-corrected chi connectivity index (χ3v) is 2.00. The molecule has 1 saturated heterocycles. The number of carbonyl (C=O) groups is 1. The zero-order valence-corrected chi connectivity index (χ0v) is 7.62. The van der Waals surface area contributed by atoms with Gasteiger partial charge in [0.1, 0.15) is 0 Å². The van der Waals surface area contributed by atoms with Crippen LogP contribution in [0.5, 0.6) is 0 Å². The molecule has 0 radical (unpaired) electrons. The van der Waals surface area contributed by atoms with Gasteiger partial charge in [0.2, 0.25) is 0 Å². The van der Waals surface area contributed by atoms with Crippen molar-refractivity contribution in [2.75, 3.05) is 13.2 Å². The summed E-state index contributed by atoms with van der Waals surface area (Å²) in [4.78, 5) is 16.6. The fraction of sp³-hybridized carbons (Fsp3) is 0.875. The second-order valence-electron chi connectivity index (χ2n) is 3.40. The summed E-state index contributed by atoms with van der Waals surface area (Å²) in [6.07, 6.45) is 0.913. The van der Waals surface area contributed by atoms with Crippen LogP contribution in [0.25, 0.3) is 0 Å². The van der Waals surface area contributed by atoms with Gasteiger partial charge in [0, 0.05) is 0 Å². The first-order valence-electron chi connectivity index (χ1n) is 4.33. The van der Waals surface area contributed by atoms with Crippen LogP contribution in [0.4, 0.5) is 0 Å². The number of amides is 1. The van der Waals surface area contributed by atoms with Crippen LogP contribution in [0.3, 0.4) is 0 Å². The van der Waals surface area contributed by atoms with E-state index in [4.69, 9.17) is 10.6 Å². The maximum atomic E-state index is 11.5. The third kappa shape index (κ3) is 1.95. The molecule has 4 nitrogen and oxygen atoms in total. The van der Waals surface area contributed by atoms with Crippen LogP contribution in [-0.4, -0.2) is 30.2 Å². The number of nitrogens with two attached hydrogens (primary N) is 1. The van der Waals surface area contributed by atoms with E-state index in [1.807, 2.05) is 13.8 Å². The topological polar surface area (TPSA) is 55.6 Å². The Hall–Kier alpha value is -0.610. The summed E-state index contributed by atoms with van der Waals surface area (Å²) >= 11 is 0.